The number of amides is 3. The summed E-state index contributed by atoms with van der Waals surface area (Å²) in [5.41, 5.74) is 4.49. The number of anilines is 1. The van der Waals surface area contributed by atoms with E-state index in [2.05, 4.69) is 10.6 Å². The molecule has 3 aromatic rings. The third kappa shape index (κ3) is 4.43. The first-order valence-corrected chi connectivity index (χ1v) is 9.76. The van der Waals surface area contributed by atoms with Crippen LogP contribution in [0.15, 0.2) is 72.8 Å². The Hall–Kier alpha value is -3.80. The van der Waals surface area contributed by atoms with E-state index in [0.29, 0.717) is 30.9 Å². The van der Waals surface area contributed by atoms with Gasteiger partial charge in [-0.3, -0.25) is 4.79 Å². The van der Waals surface area contributed by atoms with Crippen molar-refractivity contribution in [3.63, 3.8) is 0 Å². The van der Waals surface area contributed by atoms with E-state index >= 15 is 0 Å². The number of carbonyl (C=O) groups is 2. The van der Waals surface area contributed by atoms with E-state index in [1.807, 2.05) is 48.5 Å². The van der Waals surface area contributed by atoms with E-state index in [0.717, 1.165) is 11.3 Å². The number of benzene rings is 3. The molecule has 4 rings (SSSR count). The van der Waals surface area contributed by atoms with Crippen LogP contribution in [0, 0.1) is 0 Å². The van der Waals surface area contributed by atoms with Crippen molar-refractivity contribution in [3.05, 3.63) is 95.1 Å². The first kappa shape index (κ1) is 19.5. The van der Waals surface area contributed by atoms with Crippen molar-refractivity contribution < 1.29 is 14.3 Å². The zero-order valence-corrected chi connectivity index (χ0v) is 16.7. The number of urea groups is 1. The third-order valence-electron chi connectivity index (χ3n) is 5.11. The maximum absolute atomic E-state index is 12.5. The molecular formula is C24H23N3O3. The van der Waals surface area contributed by atoms with Crippen LogP contribution in [0.2, 0.25) is 0 Å². The molecule has 1 aliphatic rings. The number of rotatable bonds is 5. The van der Waals surface area contributed by atoms with Gasteiger partial charge in [0.1, 0.15) is 5.75 Å². The average molecular weight is 401 g/mol. The fourth-order valence-electron chi connectivity index (χ4n) is 3.45. The molecule has 0 aliphatic carbocycles. The molecule has 30 heavy (non-hydrogen) atoms. The number of nitrogens with one attached hydrogen (secondary N) is 2. The van der Waals surface area contributed by atoms with Crippen LogP contribution in [-0.2, 0) is 19.6 Å². The highest BCUT2D eigenvalue weighted by Crippen LogP contribution is 2.23. The van der Waals surface area contributed by atoms with Crippen molar-refractivity contribution in [2.75, 3.05) is 12.4 Å². The topological polar surface area (TPSA) is 70.7 Å². The number of fused-ring (bicyclic) bond motifs is 1. The van der Waals surface area contributed by atoms with Crippen LogP contribution >= 0.6 is 0 Å². The first-order chi connectivity index (χ1) is 14.6. The fourth-order valence-corrected chi connectivity index (χ4v) is 3.45. The molecule has 0 unspecified atom stereocenters. The summed E-state index contributed by atoms with van der Waals surface area (Å²) in [4.78, 5) is 26.7. The van der Waals surface area contributed by atoms with E-state index in [1.54, 1.807) is 36.3 Å². The summed E-state index contributed by atoms with van der Waals surface area (Å²) in [6, 6.07) is 22.3. The Labute approximate surface area is 175 Å². The average Bonchev–Trinajstić information content (AvgIpc) is 3.23. The lowest BCUT2D eigenvalue weighted by molar-refractivity contribution is 0.0951. The SMILES string of the molecule is COc1cccc(CNC(=O)c2ccc(NC(=O)N3Cc4ccccc4C3)cc2)c1. The Balaban J connectivity index is 1.31. The molecule has 0 saturated heterocycles. The molecule has 0 radical (unpaired) electrons. The Kier molecular flexibility index (Phi) is 5.66. The summed E-state index contributed by atoms with van der Waals surface area (Å²) < 4.78 is 5.20. The summed E-state index contributed by atoms with van der Waals surface area (Å²) in [6.45, 7) is 1.61. The second-order valence-corrected chi connectivity index (χ2v) is 7.17. The van der Waals surface area contributed by atoms with Gasteiger partial charge in [0.2, 0.25) is 0 Å². The van der Waals surface area contributed by atoms with Gasteiger partial charge in [0.25, 0.3) is 5.91 Å². The van der Waals surface area contributed by atoms with Crippen molar-refractivity contribution in [1.29, 1.82) is 0 Å². The molecule has 0 spiro atoms. The zero-order valence-electron chi connectivity index (χ0n) is 16.7. The van der Waals surface area contributed by atoms with Gasteiger partial charge in [-0.25, -0.2) is 4.79 Å². The van der Waals surface area contributed by atoms with Crippen molar-refractivity contribution in [1.82, 2.24) is 10.2 Å². The minimum absolute atomic E-state index is 0.151. The van der Waals surface area contributed by atoms with Gasteiger partial charge in [-0.2, -0.15) is 0 Å². The maximum atomic E-state index is 12.5. The quantitative estimate of drug-likeness (QED) is 0.674. The fraction of sp³-hybridized carbons (Fsp3) is 0.167. The van der Waals surface area contributed by atoms with Crippen LogP contribution in [0.5, 0.6) is 5.75 Å². The Morgan fingerprint density at radius 2 is 1.63 bits per heavy atom. The lowest BCUT2D eigenvalue weighted by Crippen LogP contribution is -2.30. The highest BCUT2D eigenvalue weighted by Gasteiger charge is 2.22. The summed E-state index contributed by atoms with van der Waals surface area (Å²) in [7, 11) is 1.61. The molecule has 1 aliphatic heterocycles. The molecule has 0 atom stereocenters. The van der Waals surface area contributed by atoms with Crippen molar-refractivity contribution in [3.8, 4) is 5.75 Å². The standard InChI is InChI=1S/C24H23N3O3/c1-30-22-8-4-5-17(13-22)14-25-23(28)18-9-11-21(12-10-18)26-24(29)27-15-19-6-2-3-7-20(19)16-27/h2-13H,14-16H2,1H3,(H,25,28)(H,26,29). The van der Waals surface area contributed by atoms with E-state index in [4.69, 9.17) is 4.74 Å². The molecule has 3 amide bonds. The molecule has 0 fully saturated rings. The Bertz CT molecular complexity index is 1040. The predicted octanol–water partition coefficient (Wildman–Crippen LogP) is 4.17. The number of carbonyl (C=O) groups excluding carboxylic acids is 2. The lowest BCUT2D eigenvalue weighted by atomic mass is 10.1. The van der Waals surface area contributed by atoms with Crippen LogP contribution in [-0.4, -0.2) is 23.9 Å². The summed E-state index contributed by atoms with van der Waals surface area (Å²) >= 11 is 0. The number of nitrogens with zero attached hydrogens (tertiary/aromatic N) is 1. The van der Waals surface area contributed by atoms with Crippen LogP contribution in [0.4, 0.5) is 10.5 Å². The first-order valence-electron chi connectivity index (χ1n) is 9.76. The second kappa shape index (κ2) is 8.69. The van der Waals surface area contributed by atoms with Crippen LogP contribution in [0.25, 0.3) is 0 Å². The van der Waals surface area contributed by atoms with Crippen LogP contribution < -0.4 is 15.4 Å². The molecule has 6 nitrogen and oxygen atoms in total. The predicted molar refractivity (Wildman–Crippen MR) is 115 cm³/mol. The highest BCUT2D eigenvalue weighted by atomic mass is 16.5. The maximum Gasteiger partial charge on any atom is 0.322 e. The monoisotopic (exact) mass is 401 g/mol. The minimum Gasteiger partial charge on any atom is -0.497 e. The van der Waals surface area contributed by atoms with Gasteiger partial charge in [-0.05, 0) is 53.1 Å². The van der Waals surface area contributed by atoms with E-state index in [-0.39, 0.29) is 11.9 Å². The Morgan fingerprint density at radius 3 is 2.30 bits per heavy atom. The zero-order chi connectivity index (χ0) is 20.9. The van der Waals surface area contributed by atoms with Gasteiger partial charge in [-0.15, -0.1) is 0 Å². The lowest BCUT2D eigenvalue weighted by Gasteiger charge is -2.16. The van der Waals surface area contributed by atoms with Gasteiger partial charge in [0.15, 0.2) is 0 Å². The normalized spacial score (nSPS) is 12.2. The summed E-state index contributed by atoms with van der Waals surface area (Å²) in [6.07, 6.45) is 0. The molecule has 1 heterocycles. The number of ether oxygens (including phenoxy) is 1. The minimum atomic E-state index is -0.175. The number of methoxy groups -OCH3 is 1. The molecule has 3 aromatic carbocycles. The van der Waals surface area contributed by atoms with Gasteiger partial charge >= 0.3 is 6.03 Å². The smallest absolute Gasteiger partial charge is 0.322 e. The summed E-state index contributed by atoms with van der Waals surface area (Å²) in [5.74, 6) is 0.577. The van der Waals surface area contributed by atoms with Gasteiger partial charge < -0.3 is 20.3 Å². The molecule has 0 bridgehead atoms. The van der Waals surface area contributed by atoms with Gasteiger partial charge in [0.05, 0.1) is 7.11 Å². The molecule has 0 saturated carbocycles. The Morgan fingerprint density at radius 1 is 0.933 bits per heavy atom. The van der Waals surface area contributed by atoms with E-state index in [9.17, 15) is 9.59 Å². The van der Waals surface area contributed by atoms with Crippen molar-refractivity contribution in [2.24, 2.45) is 0 Å². The molecule has 6 heteroatoms. The van der Waals surface area contributed by atoms with E-state index in [1.165, 1.54) is 11.1 Å². The molecule has 0 aromatic heterocycles. The van der Waals surface area contributed by atoms with Gasteiger partial charge in [-0.1, -0.05) is 36.4 Å². The molecule has 152 valence electrons. The molecule has 2 N–H and O–H groups in total. The number of hydrogen-bond donors (Lipinski definition) is 2. The summed E-state index contributed by atoms with van der Waals surface area (Å²) in [5, 5.41) is 5.79. The van der Waals surface area contributed by atoms with Gasteiger partial charge in [0, 0.05) is 30.9 Å². The van der Waals surface area contributed by atoms with E-state index < -0.39 is 0 Å². The number of hydrogen-bond acceptors (Lipinski definition) is 3. The van der Waals surface area contributed by atoms with Crippen LogP contribution in [0.1, 0.15) is 27.0 Å². The second-order valence-electron chi connectivity index (χ2n) is 7.17. The molecular weight excluding hydrogens is 378 g/mol. The van der Waals surface area contributed by atoms with Crippen LogP contribution in [0.3, 0.4) is 0 Å². The highest BCUT2D eigenvalue weighted by molar-refractivity contribution is 5.95. The van der Waals surface area contributed by atoms with Crippen molar-refractivity contribution >= 4 is 17.6 Å². The largest absolute Gasteiger partial charge is 0.497 e. The third-order valence-corrected chi connectivity index (χ3v) is 5.11. The van der Waals surface area contributed by atoms with Crippen molar-refractivity contribution in [2.45, 2.75) is 19.6 Å².